The molecule has 1 unspecified atom stereocenters. The molecule has 1 aliphatic rings. The summed E-state index contributed by atoms with van der Waals surface area (Å²) in [6, 6.07) is 5.71. The number of ether oxygens (including phenoxy) is 1. The Morgan fingerprint density at radius 3 is 3.50 bits per heavy atom. The first-order valence-corrected chi connectivity index (χ1v) is 3.65. The summed E-state index contributed by atoms with van der Waals surface area (Å²) in [6.45, 7) is 0.523. The van der Waals surface area contributed by atoms with Crippen LogP contribution in [0.1, 0.15) is 0 Å². The normalized spacial score (nSPS) is 19.8. The highest BCUT2D eigenvalue weighted by Crippen LogP contribution is 2.24. The third kappa shape index (κ3) is 1.05. The maximum absolute atomic E-state index is 8.57. The number of fused-ring (bicyclic) bond motifs is 1. The third-order valence-electron chi connectivity index (χ3n) is 1.65. The summed E-state index contributed by atoms with van der Waals surface area (Å²) in [5, 5.41) is 11.6. The first kappa shape index (κ1) is 6.92. The molecule has 1 aromatic heterocycles. The lowest BCUT2D eigenvalue weighted by Gasteiger charge is -2.21. The summed E-state index contributed by atoms with van der Waals surface area (Å²) in [5.41, 5.74) is 0.851. The second-order valence-corrected chi connectivity index (χ2v) is 2.47. The summed E-state index contributed by atoms with van der Waals surface area (Å²) in [6.07, 6.45) is 1.22. The van der Waals surface area contributed by atoms with Gasteiger partial charge in [0.25, 0.3) is 0 Å². The van der Waals surface area contributed by atoms with Crippen LogP contribution >= 0.6 is 0 Å². The van der Waals surface area contributed by atoms with Crippen molar-refractivity contribution in [2.45, 2.75) is 6.10 Å². The summed E-state index contributed by atoms with van der Waals surface area (Å²) in [7, 11) is 0. The van der Waals surface area contributed by atoms with Crippen molar-refractivity contribution in [3.05, 3.63) is 18.3 Å². The fourth-order valence-corrected chi connectivity index (χ4v) is 1.07. The molecule has 0 bridgehead atoms. The molecule has 1 N–H and O–H groups in total. The van der Waals surface area contributed by atoms with Crippen LogP contribution in [0.5, 0.6) is 5.88 Å². The van der Waals surface area contributed by atoms with Crippen LogP contribution in [-0.2, 0) is 0 Å². The van der Waals surface area contributed by atoms with Crippen molar-refractivity contribution in [2.75, 3.05) is 11.9 Å². The molecule has 0 aromatic carbocycles. The van der Waals surface area contributed by atoms with Gasteiger partial charge in [0.1, 0.15) is 6.07 Å². The highest BCUT2D eigenvalue weighted by Gasteiger charge is 2.18. The standard InChI is InChI=1S/C8H7N3O/c9-4-6-5-11-7-2-1-3-10-8(7)12-6/h1-3,6,11H,5H2. The van der Waals surface area contributed by atoms with Gasteiger partial charge in [-0.25, -0.2) is 4.98 Å². The molecule has 2 rings (SSSR count). The zero-order chi connectivity index (χ0) is 8.39. The van der Waals surface area contributed by atoms with Crippen molar-refractivity contribution >= 4 is 5.69 Å². The number of aromatic nitrogens is 1. The molecule has 1 aromatic rings. The molecule has 2 heterocycles. The number of pyridine rings is 1. The summed E-state index contributed by atoms with van der Waals surface area (Å²) >= 11 is 0. The van der Waals surface area contributed by atoms with E-state index in [0.717, 1.165) is 5.69 Å². The maximum Gasteiger partial charge on any atom is 0.238 e. The van der Waals surface area contributed by atoms with Gasteiger partial charge >= 0.3 is 0 Å². The van der Waals surface area contributed by atoms with Crippen LogP contribution in [0, 0.1) is 11.3 Å². The molecular formula is C8H7N3O. The van der Waals surface area contributed by atoms with Gasteiger partial charge in [-0.2, -0.15) is 5.26 Å². The minimum atomic E-state index is -0.424. The van der Waals surface area contributed by atoms with Gasteiger partial charge in [0.15, 0.2) is 0 Å². The molecule has 4 heteroatoms. The molecule has 12 heavy (non-hydrogen) atoms. The van der Waals surface area contributed by atoms with Crippen molar-refractivity contribution in [3.63, 3.8) is 0 Å². The lowest BCUT2D eigenvalue weighted by atomic mass is 10.3. The van der Waals surface area contributed by atoms with E-state index in [4.69, 9.17) is 10.00 Å². The quantitative estimate of drug-likeness (QED) is 0.610. The average molecular weight is 161 g/mol. The van der Waals surface area contributed by atoms with Gasteiger partial charge in [-0.15, -0.1) is 0 Å². The Morgan fingerprint density at radius 1 is 1.75 bits per heavy atom. The van der Waals surface area contributed by atoms with Crippen molar-refractivity contribution in [1.29, 1.82) is 5.26 Å². The van der Waals surface area contributed by atoms with Crippen molar-refractivity contribution < 1.29 is 4.74 Å². The zero-order valence-corrected chi connectivity index (χ0v) is 6.32. The van der Waals surface area contributed by atoms with E-state index in [9.17, 15) is 0 Å². The Labute approximate surface area is 69.8 Å². The lowest BCUT2D eigenvalue weighted by Crippen LogP contribution is -2.29. The molecule has 1 atom stereocenters. The number of anilines is 1. The Bertz CT molecular complexity index is 331. The second-order valence-electron chi connectivity index (χ2n) is 2.47. The van der Waals surface area contributed by atoms with Crippen LogP contribution in [-0.4, -0.2) is 17.6 Å². The van der Waals surface area contributed by atoms with Crippen LogP contribution in [0.3, 0.4) is 0 Å². The van der Waals surface area contributed by atoms with E-state index in [2.05, 4.69) is 10.3 Å². The molecule has 0 radical (unpaired) electrons. The van der Waals surface area contributed by atoms with E-state index in [1.165, 1.54) is 0 Å². The predicted octanol–water partition coefficient (Wildman–Crippen LogP) is 0.778. The molecule has 60 valence electrons. The monoisotopic (exact) mass is 161 g/mol. The number of nitrogens with zero attached hydrogens (tertiary/aromatic N) is 2. The molecule has 0 fully saturated rings. The van der Waals surface area contributed by atoms with Gasteiger partial charge in [-0.1, -0.05) is 0 Å². The first-order chi connectivity index (χ1) is 5.90. The van der Waals surface area contributed by atoms with Crippen LogP contribution in [0.4, 0.5) is 5.69 Å². The molecule has 0 amide bonds. The highest BCUT2D eigenvalue weighted by molar-refractivity contribution is 5.54. The van der Waals surface area contributed by atoms with Crippen molar-refractivity contribution in [3.8, 4) is 11.9 Å². The van der Waals surface area contributed by atoms with E-state index >= 15 is 0 Å². The third-order valence-corrected chi connectivity index (χ3v) is 1.65. The first-order valence-electron chi connectivity index (χ1n) is 3.65. The van der Waals surface area contributed by atoms with E-state index in [1.54, 1.807) is 6.20 Å². The van der Waals surface area contributed by atoms with Gasteiger partial charge in [-0.05, 0) is 12.1 Å². The van der Waals surface area contributed by atoms with Gasteiger partial charge in [0.2, 0.25) is 12.0 Å². The smallest absolute Gasteiger partial charge is 0.238 e. The fourth-order valence-electron chi connectivity index (χ4n) is 1.07. The predicted molar refractivity (Wildman–Crippen MR) is 42.8 cm³/mol. The van der Waals surface area contributed by atoms with Crippen LogP contribution < -0.4 is 10.1 Å². The number of rotatable bonds is 0. The van der Waals surface area contributed by atoms with E-state index in [-0.39, 0.29) is 0 Å². The Balaban J connectivity index is 2.30. The Morgan fingerprint density at radius 2 is 2.67 bits per heavy atom. The number of nitriles is 1. The number of nitrogens with one attached hydrogen (secondary N) is 1. The van der Waals surface area contributed by atoms with Gasteiger partial charge < -0.3 is 10.1 Å². The fraction of sp³-hybridized carbons (Fsp3) is 0.250. The Kier molecular flexibility index (Phi) is 1.56. The van der Waals surface area contributed by atoms with E-state index in [0.29, 0.717) is 12.4 Å². The van der Waals surface area contributed by atoms with Crippen LogP contribution in [0.15, 0.2) is 18.3 Å². The maximum atomic E-state index is 8.57. The average Bonchev–Trinajstić information content (AvgIpc) is 2.17. The summed E-state index contributed by atoms with van der Waals surface area (Å²) < 4.78 is 5.25. The molecule has 4 nitrogen and oxygen atoms in total. The minimum Gasteiger partial charge on any atom is -0.456 e. The molecular weight excluding hydrogens is 154 g/mol. The topological polar surface area (TPSA) is 57.9 Å². The molecule has 0 spiro atoms. The number of hydrogen-bond acceptors (Lipinski definition) is 4. The van der Waals surface area contributed by atoms with Gasteiger partial charge in [-0.3, -0.25) is 0 Å². The van der Waals surface area contributed by atoms with Gasteiger partial charge in [0.05, 0.1) is 12.2 Å². The van der Waals surface area contributed by atoms with Crippen LogP contribution in [0.25, 0.3) is 0 Å². The Hall–Kier alpha value is -1.76. The van der Waals surface area contributed by atoms with E-state index < -0.39 is 6.10 Å². The van der Waals surface area contributed by atoms with Crippen molar-refractivity contribution in [2.24, 2.45) is 0 Å². The van der Waals surface area contributed by atoms with Gasteiger partial charge in [0, 0.05) is 6.20 Å². The molecule has 1 aliphatic heterocycles. The SMILES string of the molecule is N#CC1CNc2cccnc2O1. The number of hydrogen-bond donors (Lipinski definition) is 1. The molecule has 0 aliphatic carbocycles. The largest absolute Gasteiger partial charge is 0.456 e. The summed E-state index contributed by atoms with van der Waals surface area (Å²) in [5.74, 6) is 0.510. The van der Waals surface area contributed by atoms with Crippen molar-refractivity contribution in [1.82, 2.24) is 4.98 Å². The zero-order valence-electron chi connectivity index (χ0n) is 6.32. The molecule has 0 saturated carbocycles. The minimum absolute atomic E-state index is 0.424. The highest BCUT2D eigenvalue weighted by atomic mass is 16.5. The van der Waals surface area contributed by atoms with E-state index in [1.807, 2.05) is 18.2 Å². The summed E-state index contributed by atoms with van der Waals surface area (Å²) in [4.78, 5) is 3.98. The second kappa shape index (κ2) is 2.70. The van der Waals surface area contributed by atoms with Crippen LogP contribution in [0.2, 0.25) is 0 Å². The lowest BCUT2D eigenvalue weighted by molar-refractivity contribution is 0.249. The molecule has 0 saturated heterocycles.